The lowest BCUT2D eigenvalue weighted by Crippen LogP contribution is -2.51. The van der Waals surface area contributed by atoms with Crippen molar-refractivity contribution in [3.8, 4) is 0 Å². The van der Waals surface area contributed by atoms with Crippen molar-refractivity contribution in [3.63, 3.8) is 0 Å². The van der Waals surface area contributed by atoms with Gasteiger partial charge in [0.2, 0.25) is 0 Å². The summed E-state index contributed by atoms with van der Waals surface area (Å²) in [6.07, 6.45) is 0.908. The second-order valence-electron chi connectivity index (χ2n) is 4.56. The van der Waals surface area contributed by atoms with Crippen LogP contribution >= 0.6 is 27.5 Å². The molecule has 106 valence electrons. The summed E-state index contributed by atoms with van der Waals surface area (Å²) in [5, 5.41) is 0.0479. The minimum Gasteiger partial charge on any atom is -0.382 e. The molecule has 19 heavy (non-hydrogen) atoms. The maximum absolute atomic E-state index is 6.14. The molecular formula is C14H18BrClO3. The molecular weight excluding hydrogens is 332 g/mol. The van der Waals surface area contributed by atoms with E-state index in [0.717, 1.165) is 16.5 Å². The Morgan fingerprint density at radius 1 is 1.21 bits per heavy atom. The van der Waals surface area contributed by atoms with Gasteiger partial charge in [0.05, 0.1) is 31.3 Å². The van der Waals surface area contributed by atoms with Crippen molar-refractivity contribution in [3.05, 3.63) is 34.3 Å². The zero-order chi connectivity index (χ0) is 13.7. The summed E-state index contributed by atoms with van der Waals surface area (Å²) >= 11 is 9.55. The van der Waals surface area contributed by atoms with Gasteiger partial charge in [-0.2, -0.15) is 0 Å². The number of hydrogen-bond acceptors (Lipinski definition) is 3. The molecule has 3 nitrogen and oxygen atoms in total. The van der Waals surface area contributed by atoms with E-state index in [1.54, 1.807) is 7.11 Å². The molecule has 0 bridgehead atoms. The van der Waals surface area contributed by atoms with Gasteiger partial charge >= 0.3 is 0 Å². The summed E-state index contributed by atoms with van der Waals surface area (Å²) in [6.45, 7) is 1.73. The second-order valence-corrected chi connectivity index (χ2v) is 6.03. The molecule has 0 amide bonds. The van der Waals surface area contributed by atoms with Gasteiger partial charge in [0.25, 0.3) is 0 Å². The van der Waals surface area contributed by atoms with Gasteiger partial charge in [-0.15, -0.1) is 11.6 Å². The average molecular weight is 350 g/mol. The molecule has 0 saturated heterocycles. The number of methoxy groups -OCH3 is 1. The summed E-state index contributed by atoms with van der Waals surface area (Å²) in [4.78, 5) is 0. The number of ether oxygens (including phenoxy) is 3. The van der Waals surface area contributed by atoms with E-state index in [2.05, 4.69) is 15.9 Å². The summed E-state index contributed by atoms with van der Waals surface area (Å²) in [5.41, 5.74) is 1.15. The average Bonchev–Trinajstić information content (AvgIpc) is 2.41. The molecule has 0 spiro atoms. The first-order chi connectivity index (χ1) is 9.20. The van der Waals surface area contributed by atoms with Crippen LogP contribution < -0.4 is 0 Å². The van der Waals surface area contributed by atoms with E-state index < -0.39 is 0 Å². The van der Waals surface area contributed by atoms with Crippen LogP contribution in [0.25, 0.3) is 0 Å². The molecule has 3 atom stereocenters. The molecule has 0 radical (unpaired) electrons. The first-order valence-corrected chi connectivity index (χ1v) is 7.54. The van der Waals surface area contributed by atoms with Gasteiger partial charge in [0.15, 0.2) is 0 Å². The van der Waals surface area contributed by atoms with Gasteiger partial charge in [-0.1, -0.05) is 28.1 Å². The summed E-state index contributed by atoms with van der Waals surface area (Å²) in [7, 11) is 1.66. The lowest BCUT2D eigenvalue weighted by Gasteiger charge is -2.40. The second kappa shape index (κ2) is 7.60. The Balaban J connectivity index is 1.74. The van der Waals surface area contributed by atoms with Crippen molar-refractivity contribution < 1.29 is 14.2 Å². The summed E-state index contributed by atoms with van der Waals surface area (Å²) < 4.78 is 17.5. The van der Waals surface area contributed by atoms with Crippen molar-refractivity contribution in [2.75, 3.05) is 20.3 Å². The third kappa shape index (κ3) is 4.43. The van der Waals surface area contributed by atoms with E-state index in [9.17, 15) is 0 Å². The predicted octanol–water partition coefficient (Wildman–Crippen LogP) is 3.38. The van der Waals surface area contributed by atoms with Crippen LogP contribution in [-0.4, -0.2) is 37.9 Å². The Bertz CT molecular complexity index is 385. The Hall–Kier alpha value is -0.130. The molecule has 0 aliphatic heterocycles. The maximum atomic E-state index is 6.14. The lowest BCUT2D eigenvalue weighted by molar-refractivity contribution is -0.135. The molecule has 0 N–H and O–H groups in total. The third-order valence-electron chi connectivity index (χ3n) is 3.16. The van der Waals surface area contributed by atoms with Gasteiger partial charge in [-0.25, -0.2) is 0 Å². The van der Waals surface area contributed by atoms with Crippen LogP contribution in [0.15, 0.2) is 28.7 Å². The number of benzene rings is 1. The summed E-state index contributed by atoms with van der Waals surface area (Å²) in [5.74, 6) is 0. The zero-order valence-electron chi connectivity index (χ0n) is 10.9. The fourth-order valence-electron chi connectivity index (χ4n) is 1.95. The molecule has 1 saturated carbocycles. The highest BCUT2D eigenvalue weighted by Crippen LogP contribution is 2.32. The lowest BCUT2D eigenvalue weighted by atomic mass is 9.91. The highest BCUT2D eigenvalue weighted by Gasteiger charge is 2.41. The van der Waals surface area contributed by atoms with Crippen molar-refractivity contribution >= 4 is 27.5 Å². The van der Waals surface area contributed by atoms with Crippen LogP contribution in [0.2, 0.25) is 0 Å². The topological polar surface area (TPSA) is 27.7 Å². The van der Waals surface area contributed by atoms with Crippen molar-refractivity contribution in [1.82, 2.24) is 0 Å². The standard InChI is InChI=1S/C14H18BrClO3/c1-17-6-7-18-14-12(16)8-13(14)19-9-10-2-4-11(15)5-3-10/h2-5,12-14H,6-9H2,1H3. The van der Waals surface area contributed by atoms with Crippen LogP contribution in [0.4, 0.5) is 0 Å². The van der Waals surface area contributed by atoms with Gasteiger partial charge < -0.3 is 14.2 Å². The van der Waals surface area contributed by atoms with Crippen molar-refractivity contribution in [2.45, 2.75) is 30.6 Å². The van der Waals surface area contributed by atoms with Crippen molar-refractivity contribution in [1.29, 1.82) is 0 Å². The fraction of sp³-hybridized carbons (Fsp3) is 0.571. The normalized spacial score (nSPS) is 26.2. The number of alkyl halides is 1. The predicted molar refractivity (Wildman–Crippen MR) is 78.6 cm³/mol. The number of halogens is 2. The molecule has 1 aliphatic rings. The molecule has 1 aliphatic carbocycles. The zero-order valence-corrected chi connectivity index (χ0v) is 13.2. The number of hydrogen-bond donors (Lipinski definition) is 0. The van der Waals surface area contributed by atoms with E-state index in [-0.39, 0.29) is 17.6 Å². The summed E-state index contributed by atoms with van der Waals surface area (Å²) in [6, 6.07) is 8.11. The Morgan fingerprint density at radius 3 is 2.58 bits per heavy atom. The van der Waals surface area contributed by atoms with E-state index in [1.807, 2.05) is 24.3 Å². The molecule has 0 aromatic heterocycles. The molecule has 3 unspecified atom stereocenters. The Morgan fingerprint density at radius 2 is 1.95 bits per heavy atom. The van der Waals surface area contributed by atoms with E-state index in [1.165, 1.54) is 0 Å². The van der Waals surface area contributed by atoms with E-state index in [0.29, 0.717) is 19.8 Å². The van der Waals surface area contributed by atoms with Crippen LogP contribution in [0.1, 0.15) is 12.0 Å². The molecule has 5 heteroatoms. The first kappa shape index (κ1) is 15.3. The monoisotopic (exact) mass is 348 g/mol. The molecule has 1 fully saturated rings. The number of rotatable bonds is 7. The molecule has 0 heterocycles. The minimum atomic E-state index is -0.0211. The largest absolute Gasteiger partial charge is 0.382 e. The molecule has 1 aromatic carbocycles. The van der Waals surface area contributed by atoms with Gasteiger partial charge in [-0.3, -0.25) is 0 Å². The maximum Gasteiger partial charge on any atom is 0.100 e. The highest BCUT2D eigenvalue weighted by atomic mass is 79.9. The highest BCUT2D eigenvalue weighted by molar-refractivity contribution is 9.10. The SMILES string of the molecule is COCCOC1C(Cl)CC1OCc1ccc(Br)cc1. The van der Waals surface area contributed by atoms with Crippen LogP contribution in [-0.2, 0) is 20.8 Å². The van der Waals surface area contributed by atoms with Crippen LogP contribution in [0.5, 0.6) is 0 Å². The minimum absolute atomic E-state index is 0.0211. The van der Waals surface area contributed by atoms with Gasteiger partial charge in [0, 0.05) is 11.6 Å². The quantitative estimate of drug-likeness (QED) is 0.558. The van der Waals surface area contributed by atoms with Crippen molar-refractivity contribution in [2.24, 2.45) is 0 Å². The van der Waals surface area contributed by atoms with Gasteiger partial charge in [0.1, 0.15) is 6.10 Å². The Labute approximate surface area is 127 Å². The Kier molecular flexibility index (Phi) is 6.10. The van der Waals surface area contributed by atoms with E-state index in [4.69, 9.17) is 25.8 Å². The first-order valence-electron chi connectivity index (χ1n) is 6.31. The third-order valence-corrected chi connectivity index (χ3v) is 4.11. The van der Waals surface area contributed by atoms with E-state index >= 15 is 0 Å². The fourth-order valence-corrected chi connectivity index (χ4v) is 2.63. The molecule has 1 aromatic rings. The van der Waals surface area contributed by atoms with Crippen LogP contribution in [0.3, 0.4) is 0 Å². The smallest absolute Gasteiger partial charge is 0.100 e. The van der Waals surface area contributed by atoms with Crippen LogP contribution in [0, 0.1) is 0 Å². The molecule has 2 rings (SSSR count). The van der Waals surface area contributed by atoms with Gasteiger partial charge in [-0.05, 0) is 24.1 Å².